The average molecular weight is 112 g/mol. The Morgan fingerprint density at radius 1 is 2.00 bits per heavy atom. The third-order valence-corrected chi connectivity index (χ3v) is 0.601. The maximum Gasteiger partial charge on any atom is 0.373 e. The molecule has 4 nitrogen and oxygen atoms in total. The third-order valence-electron chi connectivity index (χ3n) is 0.601. The number of carbonyl (C=O) groups is 1. The molecule has 0 saturated heterocycles. The smallest absolute Gasteiger partial charge is 0.373 e. The van der Waals surface area contributed by atoms with Crippen molar-refractivity contribution in [1.29, 1.82) is 0 Å². The molecule has 0 aliphatic heterocycles. The number of carboxylic acids is 1. The van der Waals surface area contributed by atoms with Gasteiger partial charge in [0.1, 0.15) is 0 Å². The summed E-state index contributed by atoms with van der Waals surface area (Å²) in [6.07, 6.45) is 3.09. The van der Waals surface area contributed by atoms with Gasteiger partial charge in [0.15, 0.2) is 0 Å². The van der Waals surface area contributed by atoms with Crippen LogP contribution in [-0.2, 0) is 0 Å². The first kappa shape index (κ1) is 4.83. The fourth-order valence-electron chi connectivity index (χ4n) is 0.286. The number of aromatic carboxylic acids is 1. The van der Waals surface area contributed by atoms with E-state index in [1.807, 2.05) is 6.39 Å². The monoisotopic (exact) mass is 112 g/mol. The maximum atomic E-state index is 9.91. The number of aromatic nitrogens is 1. The molecule has 1 heterocycles. The van der Waals surface area contributed by atoms with Crippen LogP contribution >= 0.6 is 0 Å². The molecule has 0 spiro atoms. The predicted molar refractivity (Wildman–Crippen MR) is 22.3 cm³/mol. The highest BCUT2D eigenvalue weighted by atomic mass is 16.4. The molecule has 1 radical (unpaired) electrons. The molecule has 0 amide bonds. The SMILES string of the molecule is O=C(O)c1cn[c]o1. The lowest BCUT2D eigenvalue weighted by molar-refractivity contribution is 0.0662. The summed E-state index contributed by atoms with van der Waals surface area (Å²) >= 11 is 0. The number of oxazole rings is 1. The number of rotatable bonds is 1. The van der Waals surface area contributed by atoms with Gasteiger partial charge in [0.05, 0.1) is 6.20 Å². The second-order valence-electron chi connectivity index (χ2n) is 1.12. The highest BCUT2D eigenvalue weighted by Crippen LogP contribution is 1.92. The molecular formula is C4H2NO3. The van der Waals surface area contributed by atoms with Gasteiger partial charge in [-0.3, -0.25) is 0 Å². The summed E-state index contributed by atoms with van der Waals surface area (Å²) in [6, 6.07) is 0. The van der Waals surface area contributed by atoms with Crippen molar-refractivity contribution < 1.29 is 14.3 Å². The minimum absolute atomic E-state index is 0.190. The minimum Gasteiger partial charge on any atom is -0.475 e. The largest absolute Gasteiger partial charge is 0.475 e. The number of hydrogen-bond donors (Lipinski definition) is 1. The van der Waals surface area contributed by atoms with E-state index in [1.54, 1.807) is 0 Å². The van der Waals surface area contributed by atoms with Crippen LogP contribution in [0, 0.1) is 6.39 Å². The Labute approximate surface area is 44.8 Å². The Morgan fingerprint density at radius 2 is 2.75 bits per heavy atom. The maximum absolute atomic E-state index is 9.91. The first-order valence-corrected chi connectivity index (χ1v) is 1.86. The summed E-state index contributed by atoms with van der Waals surface area (Å²) in [6.45, 7) is 0. The van der Waals surface area contributed by atoms with Gasteiger partial charge in [-0.2, -0.15) is 0 Å². The van der Waals surface area contributed by atoms with E-state index in [-0.39, 0.29) is 5.76 Å². The zero-order valence-electron chi connectivity index (χ0n) is 3.79. The van der Waals surface area contributed by atoms with Gasteiger partial charge < -0.3 is 9.52 Å². The molecule has 0 saturated carbocycles. The van der Waals surface area contributed by atoms with Gasteiger partial charge in [-0.05, 0) is 0 Å². The standard InChI is InChI=1S/C4H2NO3/c6-4(7)3-1-5-2-8-3/h1H,(H,6,7). The third kappa shape index (κ3) is 0.676. The van der Waals surface area contributed by atoms with Gasteiger partial charge in [0.25, 0.3) is 6.39 Å². The van der Waals surface area contributed by atoms with E-state index in [0.717, 1.165) is 6.20 Å². The predicted octanol–water partition coefficient (Wildman–Crippen LogP) is 0.173. The Bertz CT molecular complexity index is 179. The lowest BCUT2D eigenvalue weighted by Crippen LogP contribution is -1.91. The number of carboxylic acid groups (broad SMARTS) is 1. The molecule has 1 aromatic rings. The van der Waals surface area contributed by atoms with Crippen molar-refractivity contribution in [3.8, 4) is 0 Å². The molecule has 0 aromatic carbocycles. The zero-order chi connectivity index (χ0) is 5.98. The summed E-state index contributed by atoms with van der Waals surface area (Å²) < 4.78 is 4.26. The highest BCUT2D eigenvalue weighted by Gasteiger charge is 2.03. The lowest BCUT2D eigenvalue weighted by Gasteiger charge is -1.76. The minimum atomic E-state index is -1.13. The van der Waals surface area contributed by atoms with Crippen molar-refractivity contribution >= 4 is 5.97 Å². The van der Waals surface area contributed by atoms with Crippen LogP contribution in [0.5, 0.6) is 0 Å². The molecule has 0 unspecified atom stereocenters. The van der Waals surface area contributed by atoms with Crippen LogP contribution in [0.3, 0.4) is 0 Å². The summed E-state index contributed by atoms with van der Waals surface area (Å²) in [5.41, 5.74) is 0. The molecule has 0 aliphatic carbocycles. The van der Waals surface area contributed by atoms with Crippen molar-refractivity contribution in [2.24, 2.45) is 0 Å². The fourth-order valence-corrected chi connectivity index (χ4v) is 0.286. The lowest BCUT2D eigenvalue weighted by atomic mass is 10.5. The van der Waals surface area contributed by atoms with Crippen molar-refractivity contribution in [2.75, 3.05) is 0 Å². The summed E-state index contributed by atoms with van der Waals surface area (Å²) in [7, 11) is 0. The molecule has 0 bridgehead atoms. The quantitative estimate of drug-likeness (QED) is 0.562. The van der Waals surface area contributed by atoms with Gasteiger partial charge in [-0.1, -0.05) is 0 Å². The summed E-state index contributed by atoms with van der Waals surface area (Å²) in [5, 5.41) is 8.12. The van der Waals surface area contributed by atoms with Gasteiger partial charge >= 0.3 is 5.97 Å². The molecule has 41 valence electrons. The van der Waals surface area contributed by atoms with Crippen LogP contribution in [0.4, 0.5) is 0 Å². The molecule has 4 heteroatoms. The second-order valence-corrected chi connectivity index (χ2v) is 1.12. The van der Waals surface area contributed by atoms with Crippen LogP contribution in [0.1, 0.15) is 10.6 Å². The molecule has 1 rings (SSSR count). The van der Waals surface area contributed by atoms with E-state index in [1.165, 1.54) is 0 Å². The number of hydrogen-bond acceptors (Lipinski definition) is 3. The van der Waals surface area contributed by atoms with Gasteiger partial charge in [-0.25, -0.2) is 9.78 Å². The van der Waals surface area contributed by atoms with E-state index < -0.39 is 5.97 Å². The Kier molecular flexibility index (Phi) is 0.997. The molecule has 1 N–H and O–H groups in total. The van der Waals surface area contributed by atoms with E-state index >= 15 is 0 Å². The van der Waals surface area contributed by atoms with Crippen LogP contribution < -0.4 is 0 Å². The Hall–Kier alpha value is -1.32. The van der Waals surface area contributed by atoms with E-state index in [9.17, 15) is 4.79 Å². The van der Waals surface area contributed by atoms with Gasteiger partial charge in [0, 0.05) is 0 Å². The Morgan fingerprint density at radius 3 is 3.00 bits per heavy atom. The fraction of sp³-hybridized carbons (Fsp3) is 0. The first-order chi connectivity index (χ1) is 3.80. The molecule has 0 aliphatic rings. The topological polar surface area (TPSA) is 63.3 Å². The number of nitrogens with zero attached hydrogens (tertiary/aromatic N) is 1. The van der Waals surface area contributed by atoms with Gasteiger partial charge in [0.2, 0.25) is 5.76 Å². The average Bonchev–Trinajstić information content (AvgIpc) is 2.12. The van der Waals surface area contributed by atoms with Crippen molar-refractivity contribution in [2.45, 2.75) is 0 Å². The Balaban J connectivity index is 2.93. The summed E-state index contributed by atoms with van der Waals surface area (Å²) in [5.74, 6) is -1.32. The molecule has 0 fully saturated rings. The highest BCUT2D eigenvalue weighted by molar-refractivity contribution is 5.83. The van der Waals surface area contributed by atoms with E-state index in [4.69, 9.17) is 5.11 Å². The van der Waals surface area contributed by atoms with E-state index in [0.29, 0.717) is 0 Å². The molecular weight excluding hydrogens is 110 g/mol. The first-order valence-electron chi connectivity index (χ1n) is 1.86. The van der Waals surface area contributed by atoms with Crippen LogP contribution in [0.15, 0.2) is 10.6 Å². The van der Waals surface area contributed by atoms with Crippen LogP contribution in [0.2, 0.25) is 0 Å². The second kappa shape index (κ2) is 1.65. The van der Waals surface area contributed by atoms with Crippen LogP contribution in [0.25, 0.3) is 0 Å². The van der Waals surface area contributed by atoms with Crippen molar-refractivity contribution in [3.05, 3.63) is 18.4 Å². The van der Waals surface area contributed by atoms with Gasteiger partial charge in [-0.15, -0.1) is 0 Å². The zero-order valence-corrected chi connectivity index (χ0v) is 3.79. The molecule has 8 heavy (non-hydrogen) atoms. The summed E-state index contributed by atoms with van der Waals surface area (Å²) in [4.78, 5) is 13.2. The molecule has 0 atom stereocenters. The molecule has 1 aromatic heterocycles. The van der Waals surface area contributed by atoms with Crippen molar-refractivity contribution in [1.82, 2.24) is 4.98 Å². The van der Waals surface area contributed by atoms with Crippen molar-refractivity contribution in [3.63, 3.8) is 0 Å². The van der Waals surface area contributed by atoms with Crippen LogP contribution in [-0.4, -0.2) is 16.1 Å². The normalized spacial score (nSPS) is 9.00. The van der Waals surface area contributed by atoms with E-state index in [2.05, 4.69) is 9.40 Å².